The van der Waals surface area contributed by atoms with E-state index in [1.165, 1.54) is 11.8 Å². The van der Waals surface area contributed by atoms with Gasteiger partial charge in [0.1, 0.15) is 0 Å². The number of hydrogen-bond donors (Lipinski definition) is 1. The predicted octanol–water partition coefficient (Wildman–Crippen LogP) is 3.52. The lowest BCUT2D eigenvalue weighted by Gasteiger charge is -2.10. The second kappa shape index (κ2) is 9.84. The number of thioether (sulfide) groups is 1. The van der Waals surface area contributed by atoms with Crippen molar-refractivity contribution in [3.8, 4) is 0 Å². The highest BCUT2D eigenvalue weighted by atomic mass is 79.9. The van der Waals surface area contributed by atoms with Crippen LogP contribution in [0.2, 0.25) is 0 Å². The molecule has 0 aliphatic heterocycles. The standard InChI is InChI=1S/C17H21BrN2O3S/c1-2-23-17(22)14-7-4-8-15(14)19-20-16(21)11-24-10-12-5-3-6-13(18)9-12/h3,5-6,9,14H,2,4,7-8,10-11H2,1H3,(H,20,21)/b19-15-/t14-/m0/s1. The van der Waals surface area contributed by atoms with Crippen molar-refractivity contribution in [1.82, 2.24) is 5.43 Å². The highest BCUT2D eigenvalue weighted by Gasteiger charge is 2.30. The van der Waals surface area contributed by atoms with Crippen LogP contribution in [0.15, 0.2) is 33.8 Å². The summed E-state index contributed by atoms with van der Waals surface area (Å²) in [6, 6.07) is 8.01. The summed E-state index contributed by atoms with van der Waals surface area (Å²) in [5.41, 5.74) is 4.44. The molecule has 7 heteroatoms. The lowest BCUT2D eigenvalue weighted by Crippen LogP contribution is -2.26. The number of rotatable bonds is 7. The molecule has 2 rings (SSSR count). The maximum Gasteiger partial charge on any atom is 0.314 e. The van der Waals surface area contributed by atoms with Crippen molar-refractivity contribution >= 4 is 45.3 Å². The SMILES string of the molecule is CCOC(=O)[C@H]1CCC/C1=N/NC(=O)CSCc1cccc(Br)c1. The van der Waals surface area contributed by atoms with Crippen LogP contribution < -0.4 is 5.43 Å². The van der Waals surface area contributed by atoms with Gasteiger partial charge in [-0.05, 0) is 43.9 Å². The first-order valence-electron chi connectivity index (χ1n) is 7.94. The normalized spacial score (nSPS) is 18.6. The minimum Gasteiger partial charge on any atom is -0.465 e. The molecule has 1 atom stereocenters. The monoisotopic (exact) mass is 412 g/mol. The van der Waals surface area contributed by atoms with E-state index in [0.717, 1.165) is 40.8 Å². The van der Waals surface area contributed by atoms with E-state index in [2.05, 4.69) is 26.5 Å². The third kappa shape index (κ3) is 5.94. The second-order valence-electron chi connectivity index (χ2n) is 5.46. The van der Waals surface area contributed by atoms with Crippen LogP contribution in [0, 0.1) is 5.92 Å². The number of carbonyl (C=O) groups is 2. The number of hydrazone groups is 1. The Morgan fingerprint density at radius 1 is 1.46 bits per heavy atom. The Morgan fingerprint density at radius 3 is 3.04 bits per heavy atom. The number of halogens is 1. The number of benzene rings is 1. The van der Waals surface area contributed by atoms with Gasteiger partial charge in [0.2, 0.25) is 5.91 Å². The molecule has 1 fully saturated rings. The largest absolute Gasteiger partial charge is 0.465 e. The fourth-order valence-corrected chi connectivity index (χ4v) is 3.73. The van der Waals surface area contributed by atoms with E-state index in [1.807, 2.05) is 24.3 Å². The van der Waals surface area contributed by atoms with Crippen molar-refractivity contribution in [1.29, 1.82) is 0 Å². The summed E-state index contributed by atoms with van der Waals surface area (Å²) in [5, 5.41) is 4.14. The van der Waals surface area contributed by atoms with E-state index in [1.54, 1.807) is 6.92 Å². The smallest absolute Gasteiger partial charge is 0.314 e. The number of nitrogens with one attached hydrogen (secondary N) is 1. The first-order valence-corrected chi connectivity index (χ1v) is 9.89. The van der Waals surface area contributed by atoms with Gasteiger partial charge in [-0.2, -0.15) is 5.10 Å². The zero-order valence-electron chi connectivity index (χ0n) is 13.6. The third-order valence-corrected chi connectivity index (χ3v) is 5.11. The molecule has 1 saturated carbocycles. The zero-order chi connectivity index (χ0) is 17.4. The van der Waals surface area contributed by atoms with Crippen LogP contribution >= 0.6 is 27.7 Å². The molecule has 0 radical (unpaired) electrons. The average molecular weight is 413 g/mol. The number of hydrogen-bond acceptors (Lipinski definition) is 5. The molecule has 1 aromatic rings. The molecule has 5 nitrogen and oxygen atoms in total. The number of ether oxygens (including phenoxy) is 1. The minimum absolute atomic E-state index is 0.156. The van der Waals surface area contributed by atoms with E-state index in [-0.39, 0.29) is 17.8 Å². The quantitative estimate of drug-likeness (QED) is 0.549. The van der Waals surface area contributed by atoms with Gasteiger partial charge in [-0.25, -0.2) is 5.43 Å². The Kier molecular flexibility index (Phi) is 7.78. The molecule has 0 heterocycles. The minimum atomic E-state index is -0.306. The Bertz CT molecular complexity index is 622. The van der Waals surface area contributed by atoms with Gasteiger partial charge in [0.05, 0.1) is 24.0 Å². The van der Waals surface area contributed by atoms with Gasteiger partial charge in [-0.3, -0.25) is 9.59 Å². The van der Waals surface area contributed by atoms with Crippen molar-refractivity contribution < 1.29 is 14.3 Å². The molecule has 1 aliphatic rings. The molecule has 0 saturated heterocycles. The summed E-state index contributed by atoms with van der Waals surface area (Å²) < 4.78 is 6.08. The highest BCUT2D eigenvalue weighted by Crippen LogP contribution is 2.24. The first-order chi connectivity index (χ1) is 11.6. The van der Waals surface area contributed by atoms with Gasteiger partial charge >= 0.3 is 5.97 Å². The highest BCUT2D eigenvalue weighted by molar-refractivity contribution is 9.10. The lowest BCUT2D eigenvalue weighted by atomic mass is 10.1. The van der Waals surface area contributed by atoms with Gasteiger partial charge in [0.15, 0.2) is 0 Å². The van der Waals surface area contributed by atoms with Crippen LogP contribution in [0.4, 0.5) is 0 Å². The van der Waals surface area contributed by atoms with Crippen LogP contribution in [0.3, 0.4) is 0 Å². The first kappa shape index (κ1) is 19.0. The van der Waals surface area contributed by atoms with E-state index in [9.17, 15) is 9.59 Å². The average Bonchev–Trinajstić information content (AvgIpc) is 3.02. The van der Waals surface area contributed by atoms with Gasteiger partial charge in [-0.15, -0.1) is 11.8 Å². The number of nitrogens with zero attached hydrogens (tertiary/aromatic N) is 1. The fraction of sp³-hybridized carbons (Fsp3) is 0.471. The molecule has 0 aromatic heterocycles. The van der Waals surface area contributed by atoms with Crippen molar-refractivity contribution in [2.24, 2.45) is 11.0 Å². The van der Waals surface area contributed by atoms with Crippen molar-refractivity contribution in [3.63, 3.8) is 0 Å². The molecule has 0 unspecified atom stereocenters. The Hall–Kier alpha value is -1.34. The van der Waals surface area contributed by atoms with Crippen LogP contribution in [0.1, 0.15) is 31.7 Å². The molecule has 1 aliphatic carbocycles. The molecule has 1 amide bonds. The molecule has 0 bridgehead atoms. The summed E-state index contributed by atoms with van der Waals surface area (Å²) in [7, 11) is 0. The van der Waals surface area contributed by atoms with Gasteiger partial charge in [0.25, 0.3) is 0 Å². The molecule has 24 heavy (non-hydrogen) atoms. The van der Waals surface area contributed by atoms with Gasteiger partial charge in [0, 0.05) is 10.2 Å². The molecule has 1 N–H and O–H groups in total. The summed E-state index contributed by atoms with van der Waals surface area (Å²) in [6.07, 6.45) is 2.37. The Morgan fingerprint density at radius 2 is 2.29 bits per heavy atom. The van der Waals surface area contributed by atoms with E-state index >= 15 is 0 Å². The van der Waals surface area contributed by atoms with Gasteiger partial charge < -0.3 is 4.74 Å². The molecule has 130 valence electrons. The summed E-state index contributed by atoms with van der Waals surface area (Å²) in [5.74, 6) is 0.381. The summed E-state index contributed by atoms with van der Waals surface area (Å²) >= 11 is 4.96. The van der Waals surface area contributed by atoms with Crippen LogP contribution in [-0.4, -0.2) is 29.9 Å². The number of esters is 1. The van der Waals surface area contributed by atoms with E-state index < -0.39 is 0 Å². The summed E-state index contributed by atoms with van der Waals surface area (Å²) in [6.45, 7) is 2.15. The van der Waals surface area contributed by atoms with Crippen LogP contribution in [0.5, 0.6) is 0 Å². The topological polar surface area (TPSA) is 67.8 Å². The third-order valence-electron chi connectivity index (χ3n) is 3.61. The van der Waals surface area contributed by atoms with E-state index in [4.69, 9.17) is 4.74 Å². The van der Waals surface area contributed by atoms with Gasteiger partial charge in [-0.1, -0.05) is 28.1 Å². The van der Waals surface area contributed by atoms with Crippen molar-refractivity contribution in [3.05, 3.63) is 34.3 Å². The summed E-state index contributed by atoms with van der Waals surface area (Å²) in [4.78, 5) is 23.7. The molecule has 0 spiro atoms. The van der Waals surface area contributed by atoms with Crippen LogP contribution in [0.25, 0.3) is 0 Å². The maximum absolute atomic E-state index is 11.9. The lowest BCUT2D eigenvalue weighted by molar-refractivity contribution is -0.145. The zero-order valence-corrected chi connectivity index (χ0v) is 16.0. The van der Waals surface area contributed by atoms with Crippen molar-refractivity contribution in [2.45, 2.75) is 31.9 Å². The number of amides is 1. The fourth-order valence-electron chi connectivity index (χ4n) is 2.51. The Balaban J connectivity index is 1.76. The second-order valence-corrected chi connectivity index (χ2v) is 7.36. The van der Waals surface area contributed by atoms with Crippen LogP contribution in [-0.2, 0) is 20.1 Å². The maximum atomic E-state index is 11.9. The molecule has 1 aromatic carbocycles. The molecular weight excluding hydrogens is 392 g/mol. The predicted molar refractivity (Wildman–Crippen MR) is 99.9 cm³/mol. The van der Waals surface area contributed by atoms with E-state index in [0.29, 0.717) is 12.4 Å². The molecular formula is C17H21BrN2O3S. The number of carbonyl (C=O) groups excluding carboxylic acids is 2. The Labute approximate surface area is 154 Å². The van der Waals surface area contributed by atoms with Crippen molar-refractivity contribution in [2.75, 3.05) is 12.4 Å².